The Hall–Kier alpha value is -3.11. The molecule has 0 aliphatic carbocycles. The zero-order valence-electron chi connectivity index (χ0n) is 16.8. The van der Waals surface area contributed by atoms with Crippen molar-refractivity contribution in [1.29, 1.82) is 0 Å². The number of aromatic nitrogens is 2. The number of alkyl halides is 3. The number of hydrogen-bond acceptors (Lipinski definition) is 6. The van der Waals surface area contributed by atoms with Gasteiger partial charge in [-0.1, -0.05) is 29.8 Å². The number of carbonyl (C=O) groups excluding carboxylic acids is 2. The van der Waals surface area contributed by atoms with E-state index in [2.05, 4.69) is 15.5 Å². The standard InChI is InChI=1S/C21H19ClF3N3O4/c1-31-20(30)17(32-19(29)12-5-3-2-4-6-12)8-13-7-16(22)18-15(10-27-28-18)14(13)9-26-11-21(23,24)25/h2-7,10,17,26H,8-9,11H2,1H3,(H,27,28). The molecule has 170 valence electrons. The van der Waals surface area contributed by atoms with Gasteiger partial charge in [-0.25, -0.2) is 9.59 Å². The number of esters is 2. The molecule has 1 unspecified atom stereocenters. The average Bonchev–Trinajstić information content (AvgIpc) is 3.25. The highest BCUT2D eigenvalue weighted by Crippen LogP contribution is 2.30. The van der Waals surface area contributed by atoms with Crippen molar-refractivity contribution >= 4 is 34.4 Å². The van der Waals surface area contributed by atoms with Crippen molar-refractivity contribution in [2.45, 2.75) is 25.2 Å². The first-order chi connectivity index (χ1) is 15.2. The highest BCUT2D eigenvalue weighted by Gasteiger charge is 2.29. The van der Waals surface area contributed by atoms with Crippen LogP contribution in [0.5, 0.6) is 0 Å². The molecule has 0 bridgehead atoms. The van der Waals surface area contributed by atoms with Crippen LogP contribution in [0.25, 0.3) is 10.9 Å². The molecule has 3 aromatic rings. The van der Waals surface area contributed by atoms with Crippen molar-refractivity contribution < 1.29 is 32.2 Å². The minimum absolute atomic E-state index is 0.158. The van der Waals surface area contributed by atoms with Crippen LogP contribution in [0.2, 0.25) is 5.02 Å². The topological polar surface area (TPSA) is 93.3 Å². The summed E-state index contributed by atoms with van der Waals surface area (Å²) in [5, 5.41) is 9.67. The van der Waals surface area contributed by atoms with E-state index in [1.165, 1.54) is 24.4 Å². The highest BCUT2D eigenvalue weighted by molar-refractivity contribution is 6.35. The van der Waals surface area contributed by atoms with Crippen molar-refractivity contribution in [3.05, 3.63) is 64.3 Å². The number of ether oxygens (including phenoxy) is 2. The molecule has 0 saturated carbocycles. The third kappa shape index (κ3) is 5.77. The predicted molar refractivity (Wildman–Crippen MR) is 110 cm³/mol. The maximum atomic E-state index is 12.6. The van der Waals surface area contributed by atoms with Gasteiger partial charge in [-0.15, -0.1) is 0 Å². The van der Waals surface area contributed by atoms with E-state index in [0.717, 1.165) is 7.11 Å². The van der Waals surface area contributed by atoms with Crippen LogP contribution >= 0.6 is 11.6 Å². The number of carbonyl (C=O) groups is 2. The van der Waals surface area contributed by atoms with Crippen LogP contribution in [0.15, 0.2) is 42.6 Å². The van der Waals surface area contributed by atoms with E-state index in [4.69, 9.17) is 21.1 Å². The number of methoxy groups -OCH3 is 1. The molecule has 1 atom stereocenters. The number of fused-ring (bicyclic) bond motifs is 1. The molecule has 32 heavy (non-hydrogen) atoms. The van der Waals surface area contributed by atoms with Gasteiger partial charge in [0.05, 0.1) is 36.0 Å². The number of hydrogen-bond donors (Lipinski definition) is 2. The van der Waals surface area contributed by atoms with Crippen LogP contribution < -0.4 is 5.32 Å². The van der Waals surface area contributed by atoms with E-state index in [1.54, 1.807) is 18.2 Å². The number of halogens is 4. The molecule has 0 saturated heterocycles. The Morgan fingerprint density at radius 1 is 1.25 bits per heavy atom. The van der Waals surface area contributed by atoms with Gasteiger partial charge in [0.2, 0.25) is 6.10 Å². The quantitative estimate of drug-likeness (QED) is 0.487. The fourth-order valence-corrected chi connectivity index (χ4v) is 3.45. The zero-order chi connectivity index (χ0) is 23.3. The smallest absolute Gasteiger partial charge is 0.401 e. The fourth-order valence-electron chi connectivity index (χ4n) is 3.18. The van der Waals surface area contributed by atoms with Gasteiger partial charge in [-0.3, -0.25) is 5.10 Å². The van der Waals surface area contributed by atoms with Crippen LogP contribution in [0.4, 0.5) is 13.2 Å². The third-order valence-corrected chi connectivity index (χ3v) is 4.95. The second kappa shape index (κ2) is 10.0. The van der Waals surface area contributed by atoms with Gasteiger partial charge in [0, 0.05) is 18.4 Å². The van der Waals surface area contributed by atoms with E-state index in [-0.39, 0.29) is 23.6 Å². The summed E-state index contributed by atoms with van der Waals surface area (Å²) in [5.74, 6) is -1.56. The minimum atomic E-state index is -4.40. The van der Waals surface area contributed by atoms with Gasteiger partial charge in [-0.05, 0) is 29.3 Å². The second-order valence-corrected chi connectivity index (χ2v) is 7.27. The molecule has 0 aliphatic rings. The molecule has 0 aliphatic heterocycles. The minimum Gasteiger partial charge on any atom is -0.466 e. The van der Waals surface area contributed by atoms with Crippen molar-refractivity contribution in [2.24, 2.45) is 0 Å². The van der Waals surface area contributed by atoms with E-state index >= 15 is 0 Å². The third-order valence-electron chi connectivity index (χ3n) is 4.65. The summed E-state index contributed by atoms with van der Waals surface area (Å²) < 4.78 is 48.0. The summed E-state index contributed by atoms with van der Waals surface area (Å²) in [6.45, 7) is -1.39. The summed E-state index contributed by atoms with van der Waals surface area (Å²) >= 11 is 6.29. The van der Waals surface area contributed by atoms with E-state index in [1.807, 2.05) is 0 Å². The molecular formula is C21H19ClF3N3O4. The Morgan fingerprint density at radius 2 is 1.97 bits per heavy atom. The number of rotatable bonds is 8. The maximum absolute atomic E-state index is 12.6. The molecule has 0 amide bonds. The van der Waals surface area contributed by atoms with Crippen molar-refractivity contribution in [3.63, 3.8) is 0 Å². The molecule has 7 nitrogen and oxygen atoms in total. The Kier molecular flexibility index (Phi) is 7.37. The summed E-state index contributed by atoms with van der Waals surface area (Å²) in [7, 11) is 1.14. The normalized spacial score (nSPS) is 12.5. The lowest BCUT2D eigenvalue weighted by Crippen LogP contribution is -2.32. The molecular weight excluding hydrogens is 451 g/mol. The Morgan fingerprint density at radius 3 is 2.62 bits per heavy atom. The monoisotopic (exact) mass is 469 g/mol. The summed E-state index contributed by atoms with van der Waals surface area (Å²) in [4.78, 5) is 24.8. The van der Waals surface area contributed by atoms with Gasteiger partial charge >= 0.3 is 18.1 Å². The van der Waals surface area contributed by atoms with Crippen molar-refractivity contribution in [3.8, 4) is 0 Å². The summed E-state index contributed by atoms with van der Waals surface area (Å²) in [6, 6.07) is 9.55. The van der Waals surface area contributed by atoms with Gasteiger partial charge in [-0.2, -0.15) is 18.3 Å². The van der Waals surface area contributed by atoms with Gasteiger partial charge in [0.1, 0.15) is 0 Å². The van der Waals surface area contributed by atoms with Crippen molar-refractivity contribution in [1.82, 2.24) is 15.5 Å². The molecule has 3 rings (SSSR count). The largest absolute Gasteiger partial charge is 0.466 e. The number of nitrogens with one attached hydrogen (secondary N) is 2. The van der Waals surface area contributed by atoms with Crippen LogP contribution in [-0.2, 0) is 27.2 Å². The summed E-state index contributed by atoms with van der Waals surface area (Å²) in [6.07, 6.45) is -4.47. The predicted octanol–water partition coefficient (Wildman–Crippen LogP) is 3.81. The van der Waals surface area contributed by atoms with Crippen molar-refractivity contribution in [2.75, 3.05) is 13.7 Å². The van der Waals surface area contributed by atoms with Gasteiger partial charge in [0.15, 0.2) is 0 Å². The Labute approximate surface area is 185 Å². The first-order valence-electron chi connectivity index (χ1n) is 9.44. The lowest BCUT2D eigenvalue weighted by Gasteiger charge is -2.19. The van der Waals surface area contributed by atoms with Crippen LogP contribution in [-0.4, -0.2) is 48.1 Å². The van der Waals surface area contributed by atoms with Crippen LogP contribution in [0.3, 0.4) is 0 Å². The van der Waals surface area contributed by atoms with E-state index < -0.39 is 30.8 Å². The average molecular weight is 470 g/mol. The number of aromatic amines is 1. The van der Waals surface area contributed by atoms with Gasteiger partial charge < -0.3 is 14.8 Å². The second-order valence-electron chi connectivity index (χ2n) is 6.86. The number of H-pyrrole nitrogens is 1. The Bertz CT molecular complexity index is 1100. The van der Waals surface area contributed by atoms with E-state index in [0.29, 0.717) is 22.0 Å². The van der Waals surface area contributed by atoms with E-state index in [9.17, 15) is 22.8 Å². The molecule has 2 aromatic carbocycles. The highest BCUT2D eigenvalue weighted by atomic mass is 35.5. The van der Waals surface area contributed by atoms with Crippen LogP contribution in [0.1, 0.15) is 21.5 Å². The Balaban J connectivity index is 1.91. The van der Waals surface area contributed by atoms with Gasteiger partial charge in [0.25, 0.3) is 0 Å². The summed E-state index contributed by atoms with van der Waals surface area (Å²) in [5.41, 5.74) is 1.52. The zero-order valence-corrected chi connectivity index (χ0v) is 17.6. The fraction of sp³-hybridized carbons (Fsp3) is 0.286. The number of benzene rings is 2. The first-order valence-corrected chi connectivity index (χ1v) is 9.82. The molecule has 11 heteroatoms. The molecule has 0 spiro atoms. The molecule has 0 fully saturated rings. The first kappa shape index (κ1) is 23.6. The lowest BCUT2D eigenvalue weighted by atomic mass is 9.97. The molecule has 0 radical (unpaired) electrons. The molecule has 1 heterocycles. The molecule has 1 aromatic heterocycles. The maximum Gasteiger partial charge on any atom is 0.401 e. The molecule has 2 N–H and O–H groups in total. The number of nitrogens with zero attached hydrogens (tertiary/aromatic N) is 1. The lowest BCUT2D eigenvalue weighted by molar-refractivity contribution is -0.150. The SMILES string of the molecule is COC(=O)C(Cc1cc(Cl)c2[nH]ncc2c1CNCC(F)(F)F)OC(=O)c1ccccc1. The van der Waals surface area contributed by atoms with Crippen LogP contribution in [0, 0.1) is 0 Å².